The van der Waals surface area contributed by atoms with Gasteiger partial charge in [0.05, 0.1) is 13.2 Å². The Morgan fingerprint density at radius 3 is 2.74 bits per heavy atom. The average Bonchev–Trinajstić information content (AvgIpc) is 2.99. The summed E-state index contributed by atoms with van der Waals surface area (Å²) in [7, 11) is 1.65. The second-order valence-corrected chi connectivity index (χ2v) is 5.79. The molecule has 0 saturated carbocycles. The second kappa shape index (κ2) is 8.75. The molecule has 2 aromatic rings. The number of benzene rings is 1. The van der Waals surface area contributed by atoms with E-state index in [0.29, 0.717) is 32.7 Å². The van der Waals surface area contributed by atoms with Crippen LogP contribution in [0.1, 0.15) is 24.6 Å². The highest BCUT2D eigenvalue weighted by Crippen LogP contribution is 2.18. The number of hydrogen-bond acceptors (Lipinski definition) is 2. The summed E-state index contributed by atoms with van der Waals surface area (Å²) >= 11 is 6.25. The molecule has 0 radical (unpaired) electrons. The van der Waals surface area contributed by atoms with Crippen molar-refractivity contribution in [2.75, 3.05) is 20.3 Å². The predicted molar refractivity (Wildman–Crippen MR) is 92.6 cm³/mol. The molecule has 0 aliphatic carbocycles. The first kappa shape index (κ1) is 17.6. The van der Waals surface area contributed by atoms with Gasteiger partial charge in [-0.1, -0.05) is 36.7 Å². The maximum atomic E-state index is 12.1. The third-order valence-electron chi connectivity index (χ3n) is 3.80. The Bertz CT molecular complexity index is 639. The monoisotopic (exact) mass is 334 g/mol. The van der Waals surface area contributed by atoms with Crippen LogP contribution in [0.4, 0.5) is 0 Å². The smallest absolute Gasteiger partial charge is 0.222 e. The van der Waals surface area contributed by atoms with Crippen LogP contribution >= 0.6 is 11.6 Å². The summed E-state index contributed by atoms with van der Waals surface area (Å²) in [4.78, 5) is 13.9. The van der Waals surface area contributed by atoms with E-state index in [-0.39, 0.29) is 5.91 Å². The van der Waals surface area contributed by atoms with Crippen molar-refractivity contribution in [2.45, 2.75) is 26.4 Å². The van der Waals surface area contributed by atoms with Crippen LogP contribution in [0.3, 0.4) is 0 Å². The van der Waals surface area contributed by atoms with E-state index in [1.54, 1.807) is 7.11 Å². The minimum absolute atomic E-state index is 0.132. The summed E-state index contributed by atoms with van der Waals surface area (Å²) in [5.41, 5.74) is 2.15. The highest BCUT2D eigenvalue weighted by atomic mass is 35.5. The third-order valence-corrected chi connectivity index (χ3v) is 4.16. The number of methoxy groups -OCH3 is 1. The quantitative estimate of drug-likeness (QED) is 0.739. The molecule has 0 bridgehead atoms. The largest absolute Gasteiger partial charge is 0.383 e. The van der Waals surface area contributed by atoms with Gasteiger partial charge >= 0.3 is 0 Å². The van der Waals surface area contributed by atoms with Crippen LogP contribution in [-0.4, -0.2) is 35.6 Å². The number of rotatable bonds is 8. The number of carbonyl (C=O) groups is 1. The zero-order chi connectivity index (χ0) is 16.7. The molecular weight excluding hydrogens is 312 g/mol. The minimum Gasteiger partial charge on any atom is -0.383 e. The van der Waals surface area contributed by atoms with Crippen molar-refractivity contribution in [1.29, 1.82) is 0 Å². The molecule has 4 nitrogen and oxygen atoms in total. The third kappa shape index (κ3) is 4.85. The minimum atomic E-state index is 0.132. The SMILES string of the molecule is CCC(=O)N(CCOC)Cc1cccn1Cc1ccccc1Cl. The van der Waals surface area contributed by atoms with E-state index in [4.69, 9.17) is 16.3 Å². The Labute approximate surface area is 142 Å². The van der Waals surface area contributed by atoms with Gasteiger partial charge in [0.1, 0.15) is 0 Å². The molecule has 23 heavy (non-hydrogen) atoms. The van der Waals surface area contributed by atoms with Crippen molar-refractivity contribution >= 4 is 17.5 Å². The van der Waals surface area contributed by atoms with Crippen LogP contribution in [0.25, 0.3) is 0 Å². The molecule has 2 rings (SSSR count). The molecule has 1 heterocycles. The Morgan fingerprint density at radius 2 is 2.04 bits per heavy atom. The summed E-state index contributed by atoms with van der Waals surface area (Å²) < 4.78 is 7.24. The van der Waals surface area contributed by atoms with Crippen molar-refractivity contribution < 1.29 is 9.53 Å². The molecule has 0 aliphatic rings. The van der Waals surface area contributed by atoms with Gasteiger partial charge in [-0.05, 0) is 23.8 Å². The molecule has 1 aromatic carbocycles. The van der Waals surface area contributed by atoms with Gasteiger partial charge < -0.3 is 14.2 Å². The van der Waals surface area contributed by atoms with Gasteiger partial charge in [-0.15, -0.1) is 0 Å². The van der Waals surface area contributed by atoms with Crippen molar-refractivity contribution in [2.24, 2.45) is 0 Å². The first-order chi connectivity index (χ1) is 11.2. The summed E-state index contributed by atoms with van der Waals surface area (Å²) in [5.74, 6) is 0.132. The first-order valence-corrected chi connectivity index (χ1v) is 8.17. The summed E-state index contributed by atoms with van der Waals surface area (Å²) in [6, 6.07) is 11.9. The van der Waals surface area contributed by atoms with Crippen molar-refractivity contribution in [1.82, 2.24) is 9.47 Å². The van der Waals surface area contributed by atoms with Crippen LogP contribution in [0.5, 0.6) is 0 Å². The van der Waals surface area contributed by atoms with Gasteiger partial charge in [-0.25, -0.2) is 0 Å². The molecule has 1 amide bonds. The molecule has 1 aromatic heterocycles. The van der Waals surface area contributed by atoms with Crippen LogP contribution in [0.15, 0.2) is 42.6 Å². The van der Waals surface area contributed by atoms with Gasteiger partial charge in [0.15, 0.2) is 0 Å². The highest BCUT2D eigenvalue weighted by Gasteiger charge is 2.14. The number of nitrogens with zero attached hydrogens (tertiary/aromatic N) is 2. The number of hydrogen-bond donors (Lipinski definition) is 0. The summed E-state index contributed by atoms with van der Waals surface area (Å²) in [5, 5.41) is 0.757. The lowest BCUT2D eigenvalue weighted by atomic mass is 10.2. The fourth-order valence-electron chi connectivity index (χ4n) is 2.47. The Balaban J connectivity index is 2.13. The van der Waals surface area contributed by atoms with E-state index in [2.05, 4.69) is 4.57 Å². The van der Waals surface area contributed by atoms with E-state index in [1.807, 2.05) is 54.4 Å². The highest BCUT2D eigenvalue weighted by molar-refractivity contribution is 6.31. The number of ether oxygens (including phenoxy) is 1. The van der Waals surface area contributed by atoms with E-state index < -0.39 is 0 Å². The fourth-order valence-corrected chi connectivity index (χ4v) is 2.67. The predicted octanol–water partition coefficient (Wildman–Crippen LogP) is 3.57. The number of carbonyl (C=O) groups excluding carboxylic acids is 1. The topological polar surface area (TPSA) is 34.5 Å². The standard InChI is InChI=1S/C18H23ClN2O2/c1-3-18(22)21(11-12-23-2)14-16-8-6-10-20(16)13-15-7-4-5-9-17(15)19/h4-10H,3,11-14H2,1-2H3. The Morgan fingerprint density at radius 1 is 1.26 bits per heavy atom. The Kier molecular flexibility index (Phi) is 6.68. The van der Waals surface area contributed by atoms with Crippen LogP contribution < -0.4 is 0 Å². The van der Waals surface area contributed by atoms with Crippen LogP contribution in [0, 0.1) is 0 Å². The number of aromatic nitrogens is 1. The normalized spacial score (nSPS) is 10.7. The molecular formula is C18H23ClN2O2. The Hall–Kier alpha value is -1.78. The van der Waals surface area contributed by atoms with Gasteiger partial charge in [-0.3, -0.25) is 4.79 Å². The second-order valence-electron chi connectivity index (χ2n) is 5.38. The molecule has 0 atom stereocenters. The molecule has 0 saturated heterocycles. The summed E-state index contributed by atoms with van der Waals surface area (Å²) in [6.45, 7) is 4.29. The number of halogens is 1. The average molecular weight is 335 g/mol. The van der Waals surface area contributed by atoms with Crippen molar-refractivity contribution in [3.63, 3.8) is 0 Å². The number of amides is 1. The zero-order valence-corrected chi connectivity index (χ0v) is 14.4. The van der Waals surface area contributed by atoms with E-state index in [9.17, 15) is 4.79 Å². The van der Waals surface area contributed by atoms with Crippen LogP contribution in [-0.2, 0) is 22.6 Å². The maximum absolute atomic E-state index is 12.1. The molecule has 0 aliphatic heterocycles. The maximum Gasteiger partial charge on any atom is 0.222 e. The molecule has 0 fully saturated rings. The van der Waals surface area contributed by atoms with Gasteiger partial charge in [0, 0.05) is 43.5 Å². The summed E-state index contributed by atoms with van der Waals surface area (Å²) in [6.07, 6.45) is 2.51. The molecule has 0 spiro atoms. The van der Waals surface area contributed by atoms with Crippen LogP contribution in [0.2, 0.25) is 5.02 Å². The van der Waals surface area contributed by atoms with Gasteiger partial charge in [0.2, 0.25) is 5.91 Å². The lowest BCUT2D eigenvalue weighted by molar-refractivity contribution is -0.132. The van der Waals surface area contributed by atoms with E-state index in [1.165, 1.54) is 0 Å². The lowest BCUT2D eigenvalue weighted by Crippen LogP contribution is -2.33. The molecule has 0 unspecified atom stereocenters. The van der Waals surface area contributed by atoms with Crippen molar-refractivity contribution in [3.05, 3.63) is 58.9 Å². The van der Waals surface area contributed by atoms with E-state index >= 15 is 0 Å². The zero-order valence-electron chi connectivity index (χ0n) is 13.7. The fraction of sp³-hybridized carbons (Fsp3) is 0.389. The molecule has 0 N–H and O–H groups in total. The molecule has 5 heteroatoms. The van der Waals surface area contributed by atoms with Crippen molar-refractivity contribution in [3.8, 4) is 0 Å². The van der Waals surface area contributed by atoms with Gasteiger partial charge in [-0.2, -0.15) is 0 Å². The van der Waals surface area contributed by atoms with Gasteiger partial charge in [0.25, 0.3) is 0 Å². The molecule has 124 valence electrons. The van der Waals surface area contributed by atoms with E-state index in [0.717, 1.165) is 16.3 Å². The lowest BCUT2D eigenvalue weighted by Gasteiger charge is -2.23. The first-order valence-electron chi connectivity index (χ1n) is 7.79.